The summed E-state index contributed by atoms with van der Waals surface area (Å²) in [5.74, 6) is -1.74. The number of methoxy groups -OCH3 is 1. The van der Waals surface area contributed by atoms with Crippen molar-refractivity contribution < 1.29 is 18.3 Å². The second-order valence-electron chi connectivity index (χ2n) is 8.75. The highest BCUT2D eigenvalue weighted by molar-refractivity contribution is 6.03. The second-order valence-corrected chi connectivity index (χ2v) is 8.75. The van der Waals surface area contributed by atoms with Gasteiger partial charge in [-0.05, 0) is 73.6 Å². The van der Waals surface area contributed by atoms with E-state index in [1.54, 1.807) is 25.4 Å². The standard InChI is InChI=1S/C27H28F2N4O2/c1-4-16-11-17(13-18(30)12-16)19-7-8-31-14-23(19)33-27(34)22-6-5-20(28)26(32-22)25-21(29)9-15(2)10-24(25)35-3/h5-10,12,14,17-18H,4,11,13,30H2,1-3H3,(H,33,34). The van der Waals surface area contributed by atoms with Gasteiger partial charge in [0.2, 0.25) is 0 Å². The van der Waals surface area contributed by atoms with E-state index in [-0.39, 0.29) is 34.7 Å². The fourth-order valence-electron chi connectivity index (χ4n) is 4.56. The summed E-state index contributed by atoms with van der Waals surface area (Å²) in [6, 6.07) is 7.03. The Hall–Kier alpha value is -3.65. The van der Waals surface area contributed by atoms with Crippen LogP contribution in [0.4, 0.5) is 14.5 Å². The minimum Gasteiger partial charge on any atom is -0.496 e. The number of pyridine rings is 2. The zero-order valence-electron chi connectivity index (χ0n) is 19.9. The van der Waals surface area contributed by atoms with E-state index in [0.717, 1.165) is 30.9 Å². The van der Waals surface area contributed by atoms with Crippen LogP contribution in [0, 0.1) is 18.6 Å². The molecule has 2 aromatic heterocycles. The molecule has 3 N–H and O–H groups in total. The molecule has 0 fully saturated rings. The Bertz CT molecular complexity index is 1290. The Kier molecular flexibility index (Phi) is 7.21. The summed E-state index contributed by atoms with van der Waals surface area (Å²) < 4.78 is 34.7. The van der Waals surface area contributed by atoms with Gasteiger partial charge < -0.3 is 15.8 Å². The van der Waals surface area contributed by atoms with Crippen LogP contribution in [0.2, 0.25) is 0 Å². The molecule has 182 valence electrons. The Balaban J connectivity index is 1.66. The first-order valence-corrected chi connectivity index (χ1v) is 11.5. The van der Waals surface area contributed by atoms with Gasteiger partial charge in [0.1, 0.15) is 28.8 Å². The van der Waals surface area contributed by atoms with Crippen LogP contribution in [-0.4, -0.2) is 29.0 Å². The van der Waals surface area contributed by atoms with E-state index >= 15 is 0 Å². The lowest BCUT2D eigenvalue weighted by molar-refractivity contribution is 0.102. The van der Waals surface area contributed by atoms with Gasteiger partial charge in [0.15, 0.2) is 0 Å². The van der Waals surface area contributed by atoms with Crippen LogP contribution in [-0.2, 0) is 0 Å². The first kappa shape index (κ1) is 24.5. The maximum atomic E-state index is 14.8. The van der Waals surface area contributed by atoms with Crippen molar-refractivity contribution in [2.75, 3.05) is 12.4 Å². The zero-order chi connectivity index (χ0) is 25.1. The molecule has 1 aromatic carbocycles. The molecule has 35 heavy (non-hydrogen) atoms. The maximum absolute atomic E-state index is 14.8. The molecule has 3 aromatic rings. The number of carbonyl (C=O) groups excluding carboxylic acids is 1. The number of amides is 1. The monoisotopic (exact) mass is 478 g/mol. The van der Waals surface area contributed by atoms with E-state index in [1.165, 1.54) is 24.8 Å². The highest BCUT2D eigenvalue weighted by atomic mass is 19.1. The van der Waals surface area contributed by atoms with Gasteiger partial charge in [-0.25, -0.2) is 13.8 Å². The molecule has 6 nitrogen and oxygen atoms in total. The fourth-order valence-corrected chi connectivity index (χ4v) is 4.56. The summed E-state index contributed by atoms with van der Waals surface area (Å²) in [7, 11) is 1.37. The van der Waals surface area contributed by atoms with E-state index in [2.05, 4.69) is 28.3 Å². The second kappa shape index (κ2) is 10.3. The first-order chi connectivity index (χ1) is 16.8. The summed E-state index contributed by atoms with van der Waals surface area (Å²) in [5, 5.41) is 2.85. The highest BCUT2D eigenvalue weighted by Crippen LogP contribution is 2.37. The first-order valence-electron chi connectivity index (χ1n) is 11.5. The molecule has 8 heteroatoms. The number of aryl methyl sites for hydroxylation is 1. The molecule has 0 aliphatic heterocycles. The quantitative estimate of drug-likeness (QED) is 0.455. The van der Waals surface area contributed by atoms with Crippen LogP contribution < -0.4 is 15.8 Å². The van der Waals surface area contributed by atoms with Crippen molar-refractivity contribution in [2.45, 2.75) is 45.1 Å². The van der Waals surface area contributed by atoms with Crippen molar-refractivity contribution in [3.05, 3.63) is 82.8 Å². The summed E-state index contributed by atoms with van der Waals surface area (Å²) in [6.07, 6.45) is 7.89. The SMILES string of the molecule is CCC1=CC(N)CC(c2ccncc2NC(=O)c2ccc(F)c(-c3c(F)cc(C)cc3OC)n2)C1. The van der Waals surface area contributed by atoms with Crippen LogP contribution in [0.1, 0.15) is 53.7 Å². The summed E-state index contributed by atoms with van der Waals surface area (Å²) in [6.45, 7) is 3.80. The van der Waals surface area contributed by atoms with E-state index in [4.69, 9.17) is 10.5 Å². The van der Waals surface area contributed by atoms with E-state index in [0.29, 0.717) is 11.3 Å². The number of benzene rings is 1. The number of carbonyl (C=O) groups is 1. The smallest absolute Gasteiger partial charge is 0.274 e. The van der Waals surface area contributed by atoms with Gasteiger partial charge in [-0.2, -0.15) is 0 Å². The van der Waals surface area contributed by atoms with E-state index in [1.807, 2.05) is 6.07 Å². The minimum atomic E-state index is -0.764. The van der Waals surface area contributed by atoms with Crippen molar-refractivity contribution >= 4 is 11.6 Å². The van der Waals surface area contributed by atoms with Crippen molar-refractivity contribution in [2.24, 2.45) is 5.73 Å². The molecule has 4 rings (SSSR count). The number of nitrogens with zero attached hydrogens (tertiary/aromatic N) is 2. The average molecular weight is 479 g/mol. The molecule has 2 unspecified atom stereocenters. The third-order valence-corrected chi connectivity index (χ3v) is 6.25. The normalized spacial score (nSPS) is 17.6. The van der Waals surface area contributed by atoms with Crippen LogP contribution >= 0.6 is 0 Å². The lowest BCUT2D eigenvalue weighted by Gasteiger charge is -2.28. The molecule has 0 radical (unpaired) electrons. The lowest BCUT2D eigenvalue weighted by atomic mass is 9.81. The number of nitrogens with one attached hydrogen (secondary N) is 1. The molecular formula is C27H28F2N4O2. The van der Waals surface area contributed by atoms with Crippen LogP contribution in [0.5, 0.6) is 5.75 Å². The van der Waals surface area contributed by atoms with Gasteiger partial charge >= 0.3 is 0 Å². The Morgan fingerprint density at radius 2 is 2.03 bits per heavy atom. The summed E-state index contributed by atoms with van der Waals surface area (Å²) >= 11 is 0. The number of rotatable bonds is 6. The summed E-state index contributed by atoms with van der Waals surface area (Å²) in [4.78, 5) is 21.5. The molecule has 0 bridgehead atoms. The number of aromatic nitrogens is 2. The minimum absolute atomic E-state index is 0.0545. The number of nitrogens with two attached hydrogens (primary N) is 1. The number of anilines is 1. The maximum Gasteiger partial charge on any atom is 0.274 e. The molecule has 0 saturated carbocycles. The predicted octanol–water partition coefficient (Wildman–Crippen LogP) is 5.53. The third-order valence-electron chi connectivity index (χ3n) is 6.25. The Labute approximate surface area is 203 Å². The van der Waals surface area contributed by atoms with Crippen molar-refractivity contribution in [1.29, 1.82) is 0 Å². The molecule has 1 aliphatic carbocycles. The van der Waals surface area contributed by atoms with Crippen LogP contribution in [0.15, 0.2) is 54.4 Å². The molecule has 2 atom stereocenters. The molecular weight excluding hydrogens is 450 g/mol. The molecule has 0 saturated heterocycles. The van der Waals surface area contributed by atoms with E-state index < -0.39 is 17.5 Å². The third kappa shape index (κ3) is 5.22. The number of halogens is 2. The Morgan fingerprint density at radius 3 is 2.77 bits per heavy atom. The van der Waals surface area contributed by atoms with Crippen molar-refractivity contribution in [3.63, 3.8) is 0 Å². The fraction of sp³-hybridized carbons (Fsp3) is 0.296. The molecule has 1 amide bonds. The number of ether oxygens (including phenoxy) is 1. The molecule has 1 aliphatic rings. The zero-order valence-corrected chi connectivity index (χ0v) is 19.9. The van der Waals surface area contributed by atoms with E-state index in [9.17, 15) is 13.6 Å². The number of hydrogen-bond donors (Lipinski definition) is 2. The lowest BCUT2D eigenvalue weighted by Crippen LogP contribution is -2.26. The van der Waals surface area contributed by atoms with Gasteiger partial charge in [0.05, 0.1) is 24.6 Å². The topological polar surface area (TPSA) is 90.1 Å². The van der Waals surface area contributed by atoms with Gasteiger partial charge in [-0.1, -0.05) is 18.6 Å². The van der Waals surface area contributed by atoms with Gasteiger partial charge in [-0.3, -0.25) is 9.78 Å². The van der Waals surface area contributed by atoms with Gasteiger partial charge in [0, 0.05) is 12.2 Å². The largest absolute Gasteiger partial charge is 0.496 e. The highest BCUT2D eigenvalue weighted by Gasteiger charge is 2.25. The van der Waals surface area contributed by atoms with Crippen LogP contribution in [0.3, 0.4) is 0 Å². The number of hydrogen-bond acceptors (Lipinski definition) is 5. The van der Waals surface area contributed by atoms with Gasteiger partial charge in [0.25, 0.3) is 5.91 Å². The van der Waals surface area contributed by atoms with Crippen LogP contribution in [0.25, 0.3) is 11.3 Å². The Morgan fingerprint density at radius 1 is 1.23 bits per heavy atom. The summed E-state index contributed by atoms with van der Waals surface area (Å²) in [5.41, 5.74) is 9.10. The molecule has 2 heterocycles. The van der Waals surface area contributed by atoms with Crippen molar-refractivity contribution in [1.82, 2.24) is 9.97 Å². The number of allylic oxidation sites excluding steroid dienone is 1. The van der Waals surface area contributed by atoms with Gasteiger partial charge in [-0.15, -0.1) is 0 Å². The van der Waals surface area contributed by atoms with Crippen molar-refractivity contribution in [3.8, 4) is 17.0 Å². The molecule has 0 spiro atoms. The predicted molar refractivity (Wildman–Crippen MR) is 131 cm³/mol. The average Bonchev–Trinajstić information content (AvgIpc) is 2.84.